The van der Waals surface area contributed by atoms with E-state index in [0.717, 1.165) is 6.42 Å². The van der Waals surface area contributed by atoms with Crippen LogP contribution in [0.1, 0.15) is 61.3 Å². The molecule has 0 heterocycles. The van der Waals surface area contributed by atoms with Gasteiger partial charge in [-0.2, -0.15) is 0 Å². The summed E-state index contributed by atoms with van der Waals surface area (Å²) in [7, 11) is -0.986. The maximum Gasteiger partial charge on any atom is 1.00 e. The SMILES string of the molecule is CCCC(C)(C)[BH-](OC(C)C)OC(C)C.[Na+]. The van der Waals surface area contributed by atoms with E-state index in [1.165, 1.54) is 6.42 Å². The van der Waals surface area contributed by atoms with Crippen LogP contribution in [0.4, 0.5) is 0 Å². The molecule has 0 aliphatic carbocycles. The molecule has 0 aromatic rings. The summed E-state index contributed by atoms with van der Waals surface area (Å²) in [5, 5.41) is 0.170. The van der Waals surface area contributed by atoms with Crippen LogP contribution in [-0.4, -0.2) is 19.3 Å². The summed E-state index contributed by atoms with van der Waals surface area (Å²) in [5.41, 5.74) is 0. The van der Waals surface area contributed by atoms with Crippen molar-refractivity contribution >= 4 is 7.12 Å². The van der Waals surface area contributed by atoms with Gasteiger partial charge >= 0.3 is 29.6 Å². The summed E-state index contributed by atoms with van der Waals surface area (Å²) in [6.07, 6.45) is 2.84. The maximum absolute atomic E-state index is 5.94. The summed E-state index contributed by atoms with van der Waals surface area (Å²) < 4.78 is 11.9. The molecule has 92 valence electrons. The van der Waals surface area contributed by atoms with E-state index in [2.05, 4.69) is 48.5 Å². The average Bonchev–Trinajstić information content (AvgIpc) is 2.00. The van der Waals surface area contributed by atoms with Gasteiger partial charge in [-0.1, -0.05) is 33.6 Å². The summed E-state index contributed by atoms with van der Waals surface area (Å²) in [6, 6.07) is 0. The second kappa shape index (κ2) is 8.99. The van der Waals surface area contributed by atoms with E-state index in [-0.39, 0.29) is 47.1 Å². The van der Waals surface area contributed by atoms with E-state index in [0.29, 0.717) is 0 Å². The Bertz CT molecular complexity index is 162. The largest absolute Gasteiger partial charge is 1.00 e. The van der Waals surface area contributed by atoms with Crippen molar-refractivity contribution in [2.24, 2.45) is 0 Å². The zero-order valence-electron chi connectivity index (χ0n) is 12.6. The van der Waals surface area contributed by atoms with Gasteiger partial charge in [0.05, 0.1) is 0 Å². The first-order valence-corrected chi connectivity index (χ1v) is 6.27. The van der Waals surface area contributed by atoms with E-state index in [1.807, 2.05) is 0 Å². The van der Waals surface area contributed by atoms with Gasteiger partial charge in [0.25, 0.3) is 0 Å². The van der Waals surface area contributed by atoms with Gasteiger partial charge in [-0.15, -0.1) is 5.31 Å². The molecule has 4 heteroatoms. The molecular formula is C12H28BNaO2. The molecule has 0 N–H and O–H groups in total. The molecule has 0 spiro atoms. The van der Waals surface area contributed by atoms with Crippen LogP contribution in [0.2, 0.25) is 5.31 Å². The number of rotatable bonds is 7. The van der Waals surface area contributed by atoms with Gasteiger partial charge in [-0.05, 0) is 27.7 Å². The molecule has 0 aliphatic rings. The van der Waals surface area contributed by atoms with Crippen LogP contribution < -0.4 is 29.6 Å². The predicted octanol–water partition coefficient (Wildman–Crippen LogP) is 0.641. The molecule has 0 bridgehead atoms. The third-order valence-electron chi connectivity index (χ3n) is 2.68. The third-order valence-corrected chi connectivity index (χ3v) is 2.68. The van der Waals surface area contributed by atoms with Crippen LogP contribution in [0, 0.1) is 0 Å². The minimum absolute atomic E-state index is 0. The van der Waals surface area contributed by atoms with Gasteiger partial charge in [0.2, 0.25) is 7.12 Å². The van der Waals surface area contributed by atoms with Crippen LogP contribution in [-0.2, 0) is 9.31 Å². The smallest absolute Gasteiger partial charge is 0.568 e. The Balaban J connectivity index is 0. The first kappa shape index (κ1) is 19.3. The van der Waals surface area contributed by atoms with Crippen molar-refractivity contribution in [3.05, 3.63) is 0 Å². The van der Waals surface area contributed by atoms with Crippen molar-refractivity contribution in [1.82, 2.24) is 0 Å². The minimum atomic E-state index is -0.986. The normalized spacial score (nSPS) is 12.4. The van der Waals surface area contributed by atoms with E-state index in [1.54, 1.807) is 0 Å². The predicted molar refractivity (Wildman–Crippen MR) is 68.5 cm³/mol. The van der Waals surface area contributed by atoms with Gasteiger partial charge in [0.15, 0.2) is 0 Å². The fourth-order valence-corrected chi connectivity index (χ4v) is 1.92. The van der Waals surface area contributed by atoms with Crippen LogP contribution in [0.5, 0.6) is 0 Å². The van der Waals surface area contributed by atoms with Crippen LogP contribution in [0.15, 0.2) is 0 Å². The monoisotopic (exact) mass is 238 g/mol. The Labute approximate surface area is 124 Å². The summed E-state index contributed by atoms with van der Waals surface area (Å²) in [5.74, 6) is 0. The molecule has 0 radical (unpaired) electrons. The zero-order chi connectivity index (χ0) is 12.1. The Morgan fingerprint density at radius 1 is 1.00 bits per heavy atom. The molecule has 0 aromatic heterocycles. The second-order valence-electron chi connectivity index (χ2n) is 5.75. The summed E-state index contributed by atoms with van der Waals surface area (Å²) in [4.78, 5) is 0. The molecule has 0 unspecified atom stereocenters. The average molecular weight is 238 g/mol. The van der Waals surface area contributed by atoms with E-state index in [9.17, 15) is 0 Å². The van der Waals surface area contributed by atoms with Crippen molar-refractivity contribution in [3.63, 3.8) is 0 Å². The van der Waals surface area contributed by atoms with E-state index < -0.39 is 7.12 Å². The molecule has 0 rings (SSSR count). The first-order valence-electron chi connectivity index (χ1n) is 6.27. The van der Waals surface area contributed by atoms with Gasteiger partial charge < -0.3 is 9.31 Å². The van der Waals surface area contributed by atoms with Gasteiger partial charge in [0.1, 0.15) is 0 Å². The molecule has 0 saturated heterocycles. The standard InChI is InChI=1S/C12H28BO2.Na/c1-8-9-12(6,7)13(14-10(2)3)15-11(4)5;/h10-11,13H,8-9H2,1-7H3;/q-1;+1. The Morgan fingerprint density at radius 2 is 1.38 bits per heavy atom. The van der Waals surface area contributed by atoms with Gasteiger partial charge in [0, 0.05) is 12.2 Å². The number of hydrogen-bond acceptors (Lipinski definition) is 2. The summed E-state index contributed by atoms with van der Waals surface area (Å²) in [6.45, 7) is 15.0. The van der Waals surface area contributed by atoms with Crippen LogP contribution in [0.25, 0.3) is 0 Å². The molecule has 0 atom stereocenters. The van der Waals surface area contributed by atoms with Crippen LogP contribution >= 0.6 is 0 Å². The molecule has 2 nitrogen and oxygen atoms in total. The Hall–Kier alpha value is 0.985. The van der Waals surface area contributed by atoms with Crippen molar-refractivity contribution in [3.8, 4) is 0 Å². The molecule has 0 fully saturated rings. The molecule has 0 saturated carbocycles. The van der Waals surface area contributed by atoms with Crippen molar-refractivity contribution in [1.29, 1.82) is 0 Å². The van der Waals surface area contributed by atoms with Crippen molar-refractivity contribution in [2.75, 3.05) is 0 Å². The quantitative estimate of drug-likeness (QED) is 0.606. The summed E-state index contributed by atoms with van der Waals surface area (Å²) >= 11 is 0. The van der Waals surface area contributed by atoms with Gasteiger partial charge in [-0.25, -0.2) is 0 Å². The first-order chi connectivity index (χ1) is 6.79. The minimum Gasteiger partial charge on any atom is -0.568 e. The molecule has 16 heavy (non-hydrogen) atoms. The Kier molecular flexibility index (Phi) is 10.9. The molecule has 0 amide bonds. The topological polar surface area (TPSA) is 18.5 Å². The third kappa shape index (κ3) is 8.13. The Morgan fingerprint density at radius 3 is 1.62 bits per heavy atom. The molecular weight excluding hydrogens is 210 g/mol. The van der Waals surface area contributed by atoms with Crippen molar-refractivity contribution < 1.29 is 38.9 Å². The van der Waals surface area contributed by atoms with E-state index >= 15 is 0 Å². The second-order valence-corrected chi connectivity index (χ2v) is 5.75. The molecule has 0 aromatic carbocycles. The molecule has 0 aliphatic heterocycles. The van der Waals surface area contributed by atoms with Gasteiger partial charge in [-0.3, -0.25) is 0 Å². The zero-order valence-corrected chi connectivity index (χ0v) is 14.6. The van der Waals surface area contributed by atoms with E-state index in [4.69, 9.17) is 9.31 Å². The fraction of sp³-hybridized carbons (Fsp3) is 1.00. The number of hydrogen-bond donors (Lipinski definition) is 0. The van der Waals surface area contributed by atoms with Crippen molar-refractivity contribution in [2.45, 2.75) is 78.8 Å². The van der Waals surface area contributed by atoms with Crippen LogP contribution in [0.3, 0.4) is 0 Å². The fourth-order valence-electron chi connectivity index (χ4n) is 1.92. The maximum atomic E-state index is 5.94.